The molecule has 1 fully saturated rings. The van der Waals surface area contributed by atoms with E-state index in [0.717, 1.165) is 5.56 Å². The number of aryl methyl sites for hydroxylation is 2. The minimum atomic E-state index is -0.102. The molecule has 0 radical (unpaired) electrons. The Labute approximate surface area is 129 Å². The summed E-state index contributed by atoms with van der Waals surface area (Å²) in [5, 5.41) is 3.87. The van der Waals surface area contributed by atoms with Crippen molar-refractivity contribution in [3.63, 3.8) is 0 Å². The standard InChI is InChI=1S/C17H20N2O3/c1-11-9-19(17(20)16-12(2)18-22-13(16)3)10-15(21-11)14-7-5-4-6-8-14/h4-8,11,15H,9-10H2,1-3H3/t11-,15-/m1/s1. The summed E-state index contributed by atoms with van der Waals surface area (Å²) in [7, 11) is 0. The van der Waals surface area contributed by atoms with Crippen molar-refractivity contribution >= 4 is 5.91 Å². The van der Waals surface area contributed by atoms with E-state index in [0.29, 0.717) is 30.1 Å². The van der Waals surface area contributed by atoms with Gasteiger partial charge in [-0.1, -0.05) is 35.5 Å². The Balaban J connectivity index is 1.84. The van der Waals surface area contributed by atoms with E-state index in [2.05, 4.69) is 5.16 Å². The lowest BCUT2D eigenvalue weighted by Crippen LogP contribution is -2.46. The van der Waals surface area contributed by atoms with Crippen LogP contribution >= 0.6 is 0 Å². The maximum atomic E-state index is 12.8. The minimum absolute atomic E-state index is 0.0108. The van der Waals surface area contributed by atoms with Crippen LogP contribution in [-0.2, 0) is 4.74 Å². The zero-order valence-corrected chi connectivity index (χ0v) is 13.1. The zero-order valence-electron chi connectivity index (χ0n) is 13.1. The summed E-state index contributed by atoms with van der Waals surface area (Å²) in [6, 6.07) is 10.0. The molecule has 116 valence electrons. The Morgan fingerprint density at radius 2 is 1.95 bits per heavy atom. The number of amides is 1. The summed E-state index contributed by atoms with van der Waals surface area (Å²) in [6.07, 6.45) is -0.113. The van der Waals surface area contributed by atoms with Gasteiger partial charge >= 0.3 is 0 Å². The molecule has 22 heavy (non-hydrogen) atoms. The Morgan fingerprint density at radius 1 is 1.23 bits per heavy atom. The molecule has 5 nitrogen and oxygen atoms in total. The molecule has 1 saturated heterocycles. The minimum Gasteiger partial charge on any atom is -0.367 e. The molecular weight excluding hydrogens is 280 g/mol. The number of ether oxygens (including phenoxy) is 1. The molecule has 0 aliphatic carbocycles. The Morgan fingerprint density at radius 3 is 2.59 bits per heavy atom. The summed E-state index contributed by atoms with van der Waals surface area (Å²) in [5.74, 6) is 0.533. The van der Waals surface area contributed by atoms with E-state index < -0.39 is 0 Å². The first-order valence-corrected chi connectivity index (χ1v) is 7.49. The van der Waals surface area contributed by atoms with Crippen LogP contribution in [0.5, 0.6) is 0 Å². The van der Waals surface area contributed by atoms with E-state index in [-0.39, 0.29) is 18.1 Å². The highest BCUT2D eigenvalue weighted by Gasteiger charge is 2.32. The number of morpholine rings is 1. The summed E-state index contributed by atoms with van der Waals surface area (Å²) < 4.78 is 11.1. The van der Waals surface area contributed by atoms with Crippen molar-refractivity contribution in [3.8, 4) is 0 Å². The largest absolute Gasteiger partial charge is 0.367 e. The highest BCUT2D eigenvalue weighted by Crippen LogP contribution is 2.27. The molecule has 2 atom stereocenters. The second-order valence-corrected chi connectivity index (χ2v) is 5.76. The average molecular weight is 300 g/mol. The second kappa shape index (κ2) is 5.93. The quantitative estimate of drug-likeness (QED) is 0.855. The van der Waals surface area contributed by atoms with Gasteiger partial charge in [0.2, 0.25) is 0 Å². The lowest BCUT2D eigenvalue weighted by atomic mass is 10.1. The van der Waals surface area contributed by atoms with Gasteiger partial charge in [-0.15, -0.1) is 0 Å². The summed E-state index contributed by atoms with van der Waals surface area (Å²) in [5.41, 5.74) is 2.30. The van der Waals surface area contributed by atoms with E-state index in [1.54, 1.807) is 13.8 Å². The first-order chi connectivity index (χ1) is 10.6. The fourth-order valence-corrected chi connectivity index (χ4v) is 2.92. The Hall–Kier alpha value is -2.14. The maximum Gasteiger partial charge on any atom is 0.259 e. The fraction of sp³-hybridized carbons (Fsp3) is 0.412. The van der Waals surface area contributed by atoms with E-state index in [1.165, 1.54) is 0 Å². The number of carbonyl (C=O) groups excluding carboxylic acids is 1. The highest BCUT2D eigenvalue weighted by molar-refractivity contribution is 5.96. The van der Waals surface area contributed by atoms with Crippen molar-refractivity contribution in [3.05, 3.63) is 52.9 Å². The van der Waals surface area contributed by atoms with Crippen LogP contribution in [0.1, 0.15) is 40.4 Å². The van der Waals surface area contributed by atoms with Gasteiger partial charge in [-0.05, 0) is 26.3 Å². The first-order valence-electron chi connectivity index (χ1n) is 7.49. The Kier molecular flexibility index (Phi) is 3.98. The van der Waals surface area contributed by atoms with Crippen molar-refractivity contribution in [2.45, 2.75) is 33.0 Å². The van der Waals surface area contributed by atoms with Crippen LogP contribution in [-0.4, -0.2) is 35.2 Å². The SMILES string of the molecule is Cc1noc(C)c1C(=O)N1C[C@@H](C)O[C@@H](c2ccccc2)C1. The maximum absolute atomic E-state index is 12.8. The smallest absolute Gasteiger partial charge is 0.259 e. The van der Waals surface area contributed by atoms with Gasteiger partial charge in [-0.25, -0.2) is 0 Å². The molecular formula is C17H20N2O3. The number of aromatic nitrogens is 1. The molecule has 5 heteroatoms. The van der Waals surface area contributed by atoms with Gasteiger partial charge in [0, 0.05) is 6.54 Å². The number of nitrogens with zero attached hydrogens (tertiary/aromatic N) is 2. The molecule has 1 aromatic carbocycles. The van der Waals surface area contributed by atoms with Crippen molar-refractivity contribution in [1.82, 2.24) is 10.1 Å². The first kappa shape index (κ1) is 14.8. The zero-order chi connectivity index (χ0) is 15.7. The molecule has 0 unspecified atom stereocenters. The molecule has 0 spiro atoms. The van der Waals surface area contributed by atoms with E-state index in [9.17, 15) is 4.79 Å². The number of rotatable bonds is 2. The molecule has 0 bridgehead atoms. The molecule has 1 aliphatic rings. The predicted molar refractivity (Wildman–Crippen MR) is 81.6 cm³/mol. The second-order valence-electron chi connectivity index (χ2n) is 5.76. The van der Waals surface area contributed by atoms with E-state index in [1.807, 2.05) is 42.2 Å². The molecule has 3 rings (SSSR count). The van der Waals surface area contributed by atoms with E-state index in [4.69, 9.17) is 9.26 Å². The van der Waals surface area contributed by atoms with Gasteiger partial charge in [-0.3, -0.25) is 4.79 Å². The van der Waals surface area contributed by atoms with Crippen molar-refractivity contribution < 1.29 is 14.1 Å². The number of carbonyl (C=O) groups is 1. The molecule has 0 saturated carbocycles. The normalized spacial score (nSPS) is 21.9. The van der Waals surface area contributed by atoms with E-state index >= 15 is 0 Å². The third-order valence-corrected chi connectivity index (χ3v) is 3.97. The average Bonchev–Trinajstić information content (AvgIpc) is 2.86. The van der Waals surface area contributed by atoms with Crippen molar-refractivity contribution in [1.29, 1.82) is 0 Å². The van der Waals surface area contributed by atoms with Gasteiger partial charge < -0.3 is 14.2 Å². The number of hydrogen-bond donors (Lipinski definition) is 0. The van der Waals surface area contributed by atoms with Crippen molar-refractivity contribution in [2.75, 3.05) is 13.1 Å². The number of benzene rings is 1. The molecule has 2 heterocycles. The van der Waals surface area contributed by atoms with Gasteiger partial charge in [0.15, 0.2) is 0 Å². The van der Waals surface area contributed by atoms with Crippen LogP contribution in [0, 0.1) is 13.8 Å². The molecule has 1 aliphatic heterocycles. The summed E-state index contributed by atoms with van der Waals surface area (Å²) in [6.45, 7) is 6.67. The molecule has 0 N–H and O–H groups in total. The lowest BCUT2D eigenvalue weighted by Gasteiger charge is -2.37. The van der Waals surface area contributed by atoms with Gasteiger partial charge in [0.1, 0.15) is 17.4 Å². The van der Waals surface area contributed by atoms with Crippen LogP contribution in [0.2, 0.25) is 0 Å². The van der Waals surface area contributed by atoms with Crippen LogP contribution in [0.4, 0.5) is 0 Å². The van der Waals surface area contributed by atoms with Crippen LogP contribution in [0.25, 0.3) is 0 Å². The monoisotopic (exact) mass is 300 g/mol. The fourth-order valence-electron chi connectivity index (χ4n) is 2.92. The Bertz CT molecular complexity index is 646. The molecule has 1 amide bonds. The van der Waals surface area contributed by atoms with Gasteiger partial charge in [0.05, 0.1) is 18.3 Å². The predicted octanol–water partition coefficient (Wildman–Crippen LogP) is 2.89. The third kappa shape index (κ3) is 2.76. The number of hydrogen-bond acceptors (Lipinski definition) is 4. The molecule has 1 aromatic heterocycles. The van der Waals surface area contributed by atoms with Crippen LogP contribution < -0.4 is 0 Å². The summed E-state index contributed by atoms with van der Waals surface area (Å²) >= 11 is 0. The van der Waals surface area contributed by atoms with Crippen LogP contribution in [0.3, 0.4) is 0 Å². The van der Waals surface area contributed by atoms with Gasteiger partial charge in [-0.2, -0.15) is 0 Å². The summed E-state index contributed by atoms with van der Waals surface area (Å²) in [4.78, 5) is 14.6. The lowest BCUT2D eigenvalue weighted by molar-refractivity contribution is -0.0692. The molecule has 2 aromatic rings. The van der Waals surface area contributed by atoms with Crippen LogP contribution in [0.15, 0.2) is 34.9 Å². The van der Waals surface area contributed by atoms with Gasteiger partial charge in [0.25, 0.3) is 5.91 Å². The third-order valence-electron chi connectivity index (χ3n) is 3.97. The highest BCUT2D eigenvalue weighted by atomic mass is 16.5. The topological polar surface area (TPSA) is 55.6 Å². The van der Waals surface area contributed by atoms with Crippen molar-refractivity contribution in [2.24, 2.45) is 0 Å².